The van der Waals surface area contributed by atoms with Crippen LogP contribution in [0.5, 0.6) is 0 Å². The highest BCUT2D eigenvalue weighted by Crippen LogP contribution is 2.26. The fourth-order valence-corrected chi connectivity index (χ4v) is 8.54. The van der Waals surface area contributed by atoms with Gasteiger partial charge in [-0.3, -0.25) is 9.35 Å². The zero-order chi connectivity index (χ0) is 47.5. The van der Waals surface area contributed by atoms with Gasteiger partial charge in [0.2, 0.25) is 0 Å². The third-order valence-electron chi connectivity index (χ3n) is 12.0. The van der Waals surface area contributed by atoms with Crippen molar-refractivity contribution in [3.8, 4) is 0 Å². The van der Waals surface area contributed by atoms with Crippen molar-refractivity contribution in [1.29, 1.82) is 0 Å². The van der Waals surface area contributed by atoms with E-state index in [1.165, 1.54) is 141 Å². The van der Waals surface area contributed by atoms with E-state index in [2.05, 4.69) is 54.5 Å². The summed E-state index contributed by atoms with van der Waals surface area (Å²) in [6.07, 6.45) is 43.1. The molecule has 6 atom stereocenters. The maximum Gasteiger partial charge on any atom is 0.397 e. The van der Waals surface area contributed by atoms with Crippen LogP contribution in [0.15, 0.2) is 36.5 Å². The lowest BCUT2D eigenvalue weighted by Gasteiger charge is -2.41. The smallest absolute Gasteiger partial charge is 0.397 e. The number of hydrogen-bond donors (Lipinski definition) is 4. The molecule has 1 saturated heterocycles. The third-order valence-corrected chi connectivity index (χ3v) is 12.5. The number of rotatable bonds is 46. The molecule has 1 rings (SSSR count). The molecule has 4 N–H and O–H groups in total. The van der Waals surface area contributed by atoms with Crippen LogP contribution in [0, 0.1) is 0 Å². The summed E-state index contributed by atoms with van der Waals surface area (Å²) in [4.78, 5) is 12.9. The van der Waals surface area contributed by atoms with Crippen molar-refractivity contribution in [2.45, 2.75) is 263 Å². The number of hydrogen-bond acceptors (Lipinski definition) is 11. The molecule has 0 aromatic carbocycles. The predicted octanol–water partition coefficient (Wildman–Crippen LogP) is 12.1. The molecule has 0 aromatic rings. The van der Waals surface area contributed by atoms with Gasteiger partial charge in [0.25, 0.3) is 0 Å². The number of aliphatic hydroxyl groups excluding tert-OH is 3. The van der Waals surface area contributed by atoms with E-state index in [-0.39, 0.29) is 19.6 Å². The van der Waals surface area contributed by atoms with Gasteiger partial charge < -0.3 is 34.3 Å². The van der Waals surface area contributed by atoms with Crippen molar-refractivity contribution in [2.24, 2.45) is 0 Å². The number of ether oxygens (including phenoxy) is 4. The zero-order valence-corrected chi connectivity index (χ0v) is 41.9. The average molecular weight is 945 g/mol. The first-order valence-corrected chi connectivity index (χ1v) is 27.6. The van der Waals surface area contributed by atoms with Gasteiger partial charge in [-0.25, -0.2) is 4.18 Å². The maximum absolute atomic E-state index is 12.9. The Labute approximate surface area is 396 Å². The Bertz CT molecular complexity index is 1270. The van der Waals surface area contributed by atoms with Gasteiger partial charge >= 0.3 is 16.4 Å². The normalized spacial score (nSPS) is 19.9. The van der Waals surface area contributed by atoms with Gasteiger partial charge in [0.05, 0.1) is 19.8 Å². The van der Waals surface area contributed by atoms with Gasteiger partial charge in [0, 0.05) is 13.0 Å². The highest BCUT2D eigenvalue weighted by Gasteiger charge is 2.48. The largest absolute Gasteiger partial charge is 0.457 e. The fraction of sp³-hybridized carbons (Fsp3) is 0.865. The summed E-state index contributed by atoms with van der Waals surface area (Å²) in [6.45, 7) is 3.99. The van der Waals surface area contributed by atoms with Crippen LogP contribution in [-0.4, -0.2) is 97.5 Å². The molecule has 13 heteroatoms. The first-order valence-electron chi connectivity index (χ1n) is 26.2. The number of allylic oxidation sites excluding steroid dienone is 6. The minimum atomic E-state index is -5.06. The van der Waals surface area contributed by atoms with E-state index in [0.29, 0.717) is 13.0 Å². The van der Waals surface area contributed by atoms with E-state index in [1.807, 2.05) is 0 Å². The van der Waals surface area contributed by atoms with Gasteiger partial charge in [-0.1, -0.05) is 204 Å². The number of carbonyl (C=O) groups excluding carboxylic acids is 1. The SMILES string of the molecule is CCCCCCC/C=C\C/C=C\C/C=C\CCCCCCCCCOCC(COC1OC(CO)C(O)C(OS(=O)(=O)O)C1O)OC(=O)CCCCCCCCCCCCCCCCCC. The minimum absolute atomic E-state index is 0.0319. The number of aliphatic hydroxyl groups is 3. The van der Waals surface area contributed by atoms with Crippen LogP contribution in [-0.2, 0) is 38.3 Å². The molecule has 382 valence electrons. The first-order chi connectivity index (χ1) is 31.6. The molecule has 1 fully saturated rings. The molecule has 0 saturated carbocycles. The molecule has 1 aliphatic heterocycles. The standard InChI is InChI=1S/C52H96O12S/c1-3-5-7-9-11-13-15-17-19-21-22-23-24-25-26-28-30-32-34-36-38-40-42-60-44-46(45-61-52-50(56)51(64-65(57,58)59)49(55)47(43-53)63-52)62-48(54)41-39-37-35-33-31-29-27-20-18-16-14-12-10-8-6-4-2/h15,17,21-22,24-25,46-47,49-53,55-56H,3-14,16,18-20,23,26-45H2,1-2H3,(H,57,58,59)/b17-15-,22-21-,25-24-. The lowest BCUT2D eigenvalue weighted by Crippen LogP contribution is -2.60. The summed E-state index contributed by atoms with van der Waals surface area (Å²) in [6, 6.07) is 0. The van der Waals surface area contributed by atoms with Crippen LogP contribution in [0.4, 0.5) is 0 Å². The lowest BCUT2D eigenvalue weighted by atomic mass is 9.99. The third kappa shape index (κ3) is 37.0. The van der Waals surface area contributed by atoms with Crippen LogP contribution in [0.1, 0.15) is 226 Å². The Morgan fingerprint density at radius 2 is 1.02 bits per heavy atom. The van der Waals surface area contributed by atoms with Crippen LogP contribution < -0.4 is 0 Å². The lowest BCUT2D eigenvalue weighted by molar-refractivity contribution is -0.301. The summed E-state index contributed by atoms with van der Waals surface area (Å²) in [7, 11) is -5.06. The summed E-state index contributed by atoms with van der Waals surface area (Å²) < 4.78 is 59.3. The Kier molecular flexibility index (Phi) is 41.1. The Balaban J connectivity index is 2.35. The molecule has 0 radical (unpaired) electrons. The van der Waals surface area contributed by atoms with Crippen molar-refractivity contribution in [3.05, 3.63) is 36.5 Å². The second kappa shape index (κ2) is 43.6. The van der Waals surface area contributed by atoms with Crippen molar-refractivity contribution in [2.75, 3.05) is 26.4 Å². The van der Waals surface area contributed by atoms with Crippen molar-refractivity contribution < 1.29 is 56.2 Å². The van der Waals surface area contributed by atoms with Crippen molar-refractivity contribution in [3.63, 3.8) is 0 Å². The van der Waals surface area contributed by atoms with Crippen molar-refractivity contribution in [1.82, 2.24) is 0 Å². The maximum atomic E-state index is 12.9. The molecule has 0 bridgehead atoms. The van der Waals surface area contributed by atoms with E-state index < -0.39 is 59.8 Å². The van der Waals surface area contributed by atoms with Gasteiger partial charge in [-0.15, -0.1) is 0 Å². The van der Waals surface area contributed by atoms with E-state index in [4.69, 9.17) is 18.9 Å². The molecule has 6 unspecified atom stereocenters. The second-order valence-electron chi connectivity index (χ2n) is 18.1. The second-order valence-corrected chi connectivity index (χ2v) is 19.2. The Morgan fingerprint density at radius 3 is 1.48 bits per heavy atom. The topological polar surface area (TPSA) is 178 Å². The summed E-state index contributed by atoms with van der Waals surface area (Å²) >= 11 is 0. The molecule has 1 aliphatic rings. The summed E-state index contributed by atoms with van der Waals surface area (Å²) in [5.74, 6) is -0.400. The molecule has 0 spiro atoms. The van der Waals surface area contributed by atoms with Gasteiger partial charge in [-0.05, 0) is 51.4 Å². The van der Waals surface area contributed by atoms with E-state index in [9.17, 15) is 33.1 Å². The van der Waals surface area contributed by atoms with Gasteiger partial charge in [-0.2, -0.15) is 8.42 Å². The molecule has 0 amide bonds. The molecule has 0 aliphatic carbocycles. The highest BCUT2D eigenvalue weighted by molar-refractivity contribution is 7.80. The van der Waals surface area contributed by atoms with Crippen LogP contribution in [0.3, 0.4) is 0 Å². The molecular weight excluding hydrogens is 849 g/mol. The molecule has 0 aromatic heterocycles. The van der Waals surface area contributed by atoms with E-state index in [0.717, 1.165) is 57.8 Å². The molecule has 65 heavy (non-hydrogen) atoms. The Morgan fingerprint density at radius 1 is 0.585 bits per heavy atom. The van der Waals surface area contributed by atoms with E-state index >= 15 is 0 Å². The van der Waals surface area contributed by atoms with Crippen molar-refractivity contribution >= 4 is 16.4 Å². The summed E-state index contributed by atoms with van der Waals surface area (Å²) in [5, 5.41) is 30.8. The van der Waals surface area contributed by atoms with Gasteiger partial charge in [0.15, 0.2) is 6.29 Å². The molecule has 1 heterocycles. The Hall–Kier alpha value is -1.68. The quantitative estimate of drug-likeness (QED) is 0.0197. The monoisotopic (exact) mass is 945 g/mol. The minimum Gasteiger partial charge on any atom is -0.457 e. The zero-order valence-electron chi connectivity index (χ0n) is 41.1. The predicted molar refractivity (Wildman–Crippen MR) is 262 cm³/mol. The van der Waals surface area contributed by atoms with Crippen LogP contribution >= 0.6 is 0 Å². The number of carbonyl (C=O) groups is 1. The van der Waals surface area contributed by atoms with Crippen LogP contribution in [0.2, 0.25) is 0 Å². The average Bonchev–Trinajstić information content (AvgIpc) is 3.28. The van der Waals surface area contributed by atoms with Crippen LogP contribution in [0.25, 0.3) is 0 Å². The summed E-state index contributed by atoms with van der Waals surface area (Å²) in [5.41, 5.74) is 0. The van der Waals surface area contributed by atoms with E-state index in [1.54, 1.807) is 0 Å². The van der Waals surface area contributed by atoms with Gasteiger partial charge in [0.1, 0.15) is 30.5 Å². The number of esters is 1. The molecule has 12 nitrogen and oxygen atoms in total. The highest BCUT2D eigenvalue weighted by atomic mass is 32.3. The first kappa shape index (κ1) is 61.3. The molecular formula is C52H96O12S. The fourth-order valence-electron chi connectivity index (χ4n) is 8.03. The number of unbranched alkanes of at least 4 members (excludes halogenated alkanes) is 27.